The minimum Gasteiger partial charge on any atom is -0.397 e. The Kier molecular flexibility index (Phi) is 3.19. The van der Waals surface area contributed by atoms with Crippen molar-refractivity contribution < 1.29 is 0 Å². The first kappa shape index (κ1) is 9.98. The number of hydrogen-bond donors (Lipinski definition) is 2. The molecule has 78 valence electrons. The number of rotatable bonds is 4. The average Bonchev–Trinajstić information content (AvgIpc) is 2.71. The van der Waals surface area contributed by atoms with Gasteiger partial charge in [-0.1, -0.05) is 0 Å². The van der Waals surface area contributed by atoms with Gasteiger partial charge in [0, 0.05) is 12.7 Å². The minimum absolute atomic E-state index is 0.690. The second kappa shape index (κ2) is 4.79. The van der Waals surface area contributed by atoms with Crippen LogP contribution in [0.3, 0.4) is 0 Å². The molecule has 0 radical (unpaired) electrons. The quantitative estimate of drug-likeness (QED) is 0.830. The van der Waals surface area contributed by atoms with Gasteiger partial charge in [0.05, 0.1) is 17.6 Å². The monoisotopic (exact) mass is 219 g/mol. The topological polar surface area (TPSA) is 50.9 Å². The van der Waals surface area contributed by atoms with Gasteiger partial charge in [0.25, 0.3) is 0 Å². The molecule has 0 aliphatic heterocycles. The van der Waals surface area contributed by atoms with Crippen molar-refractivity contribution in [3.05, 3.63) is 40.8 Å². The first-order chi connectivity index (χ1) is 7.34. The summed E-state index contributed by atoms with van der Waals surface area (Å²) in [5.41, 5.74) is 8.66. The van der Waals surface area contributed by atoms with Gasteiger partial charge in [-0.25, -0.2) is 0 Å². The predicted octanol–water partition coefficient (Wildman–Crippen LogP) is 2.38. The summed E-state index contributed by atoms with van der Waals surface area (Å²) in [5, 5.41) is 7.55. The van der Waals surface area contributed by atoms with Gasteiger partial charge < -0.3 is 11.1 Å². The maximum atomic E-state index is 5.62. The fraction of sp³-hybridized carbons (Fsp3) is 0.182. The molecule has 0 amide bonds. The van der Waals surface area contributed by atoms with Crippen molar-refractivity contribution in [1.29, 1.82) is 0 Å². The summed E-state index contributed by atoms with van der Waals surface area (Å²) >= 11 is 1.73. The second-order valence-electron chi connectivity index (χ2n) is 3.32. The Morgan fingerprint density at radius 3 is 3.07 bits per heavy atom. The van der Waals surface area contributed by atoms with E-state index in [0.29, 0.717) is 5.69 Å². The molecule has 2 rings (SSSR count). The Morgan fingerprint density at radius 2 is 2.33 bits per heavy atom. The van der Waals surface area contributed by atoms with Gasteiger partial charge in [-0.3, -0.25) is 4.98 Å². The molecule has 3 N–H and O–H groups in total. The Hall–Kier alpha value is -1.55. The Balaban J connectivity index is 1.83. The average molecular weight is 219 g/mol. The van der Waals surface area contributed by atoms with Crippen molar-refractivity contribution in [2.75, 3.05) is 17.6 Å². The number of nitrogens with two attached hydrogens (primary N) is 1. The van der Waals surface area contributed by atoms with Crippen LogP contribution in [0.25, 0.3) is 0 Å². The summed E-state index contributed by atoms with van der Waals surface area (Å²) in [7, 11) is 0. The molecule has 0 atom stereocenters. The van der Waals surface area contributed by atoms with E-state index in [4.69, 9.17) is 5.73 Å². The lowest BCUT2D eigenvalue weighted by Crippen LogP contribution is -2.04. The highest BCUT2D eigenvalue weighted by Crippen LogP contribution is 2.10. The zero-order valence-corrected chi connectivity index (χ0v) is 9.13. The zero-order chi connectivity index (χ0) is 10.5. The van der Waals surface area contributed by atoms with Crippen LogP contribution in [0, 0.1) is 0 Å². The van der Waals surface area contributed by atoms with Gasteiger partial charge in [0.15, 0.2) is 0 Å². The van der Waals surface area contributed by atoms with Gasteiger partial charge in [-0.15, -0.1) is 0 Å². The smallest absolute Gasteiger partial charge is 0.0547 e. The maximum Gasteiger partial charge on any atom is 0.0547 e. The van der Waals surface area contributed by atoms with Crippen LogP contribution in [0.1, 0.15) is 5.56 Å². The van der Waals surface area contributed by atoms with Crippen molar-refractivity contribution in [2.24, 2.45) is 0 Å². The molecule has 4 heteroatoms. The molecular weight excluding hydrogens is 206 g/mol. The van der Waals surface area contributed by atoms with Gasteiger partial charge in [-0.05, 0) is 34.9 Å². The summed E-state index contributed by atoms with van der Waals surface area (Å²) in [6.07, 6.45) is 4.45. The van der Waals surface area contributed by atoms with Crippen LogP contribution >= 0.6 is 11.3 Å². The number of nitrogens with zero attached hydrogens (tertiary/aromatic N) is 1. The number of nitrogens with one attached hydrogen (secondary N) is 1. The molecule has 2 aromatic heterocycles. The number of pyridine rings is 1. The van der Waals surface area contributed by atoms with E-state index in [1.54, 1.807) is 23.7 Å². The molecule has 15 heavy (non-hydrogen) atoms. The van der Waals surface area contributed by atoms with Crippen molar-refractivity contribution in [1.82, 2.24) is 4.98 Å². The summed E-state index contributed by atoms with van der Waals surface area (Å²) in [6, 6.07) is 4.03. The standard InChI is InChI=1S/C11H13N3S/c12-10-5-11(7-13-6-10)14-3-1-9-2-4-15-8-9/h2,4-8,14H,1,3,12H2. The molecule has 0 fully saturated rings. The molecule has 2 aromatic rings. The molecule has 0 spiro atoms. The second-order valence-corrected chi connectivity index (χ2v) is 4.10. The lowest BCUT2D eigenvalue weighted by Gasteiger charge is -2.05. The third kappa shape index (κ3) is 2.95. The van der Waals surface area contributed by atoms with E-state index < -0.39 is 0 Å². The van der Waals surface area contributed by atoms with Crippen LogP contribution in [-0.4, -0.2) is 11.5 Å². The summed E-state index contributed by atoms with van der Waals surface area (Å²) < 4.78 is 0. The van der Waals surface area contributed by atoms with E-state index in [-0.39, 0.29) is 0 Å². The van der Waals surface area contributed by atoms with E-state index in [1.807, 2.05) is 6.07 Å². The first-order valence-corrected chi connectivity index (χ1v) is 5.74. The van der Waals surface area contributed by atoms with Crippen LogP contribution in [-0.2, 0) is 6.42 Å². The number of nitrogen functional groups attached to an aromatic ring is 1. The highest BCUT2D eigenvalue weighted by Gasteiger charge is 1.95. The Labute approximate surface area is 93.0 Å². The van der Waals surface area contributed by atoms with Crippen LogP contribution in [0.2, 0.25) is 0 Å². The number of thiophene rings is 1. The number of anilines is 2. The Morgan fingerprint density at radius 1 is 1.40 bits per heavy atom. The van der Waals surface area contributed by atoms with Crippen LogP contribution in [0.5, 0.6) is 0 Å². The largest absolute Gasteiger partial charge is 0.397 e. The van der Waals surface area contributed by atoms with Crippen LogP contribution < -0.4 is 11.1 Å². The van der Waals surface area contributed by atoms with Crippen molar-refractivity contribution >= 4 is 22.7 Å². The van der Waals surface area contributed by atoms with Crippen LogP contribution in [0.4, 0.5) is 11.4 Å². The summed E-state index contributed by atoms with van der Waals surface area (Å²) in [6.45, 7) is 0.905. The van der Waals surface area contributed by atoms with E-state index in [9.17, 15) is 0 Å². The predicted molar refractivity (Wildman–Crippen MR) is 65.2 cm³/mol. The molecule has 0 saturated carbocycles. The molecular formula is C11H13N3S. The van der Waals surface area contributed by atoms with E-state index in [2.05, 4.69) is 27.1 Å². The summed E-state index contributed by atoms with van der Waals surface area (Å²) in [4.78, 5) is 4.01. The molecule has 2 heterocycles. The third-order valence-corrected chi connectivity index (χ3v) is 2.81. The molecule has 3 nitrogen and oxygen atoms in total. The lowest BCUT2D eigenvalue weighted by molar-refractivity contribution is 1.02. The fourth-order valence-electron chi connectivity index (χ4n) is 1.34. The van der Waals surface area contributed by atoms with E-state index in [0.717, 1.165) is 18.7 Å². The molecule has 0 aliphatic rings. The fourth-order valence-corrected chi connectivity index (χ4v) is 2.04. The normalized spacial score (nSPS) is 10.1. The van der Waals surface area contributed by atoms with Crippen LogP contribution in [0.15, 0.2) is 35.3 Å². The number of hydrogen-bond acceptors (Lipinski definition) is 4. The highest BCUT2D eigenvalue weighted by atomic mass is 32.1. The number of aromatic nitrogens is 1. The van der Waals surface area contributed by atoms with Gasteiger partial charge in [-0.2, -0.15) is 11.3 Å². The van der Waals surface area contributed by atoms with Gasteiger partial charge in [0.1, 0.15) is 0 Å². The maximum absolute atomic E-state index is 5.62. The van der Waals surface area contributed by atoms with E-state index in [1.165, 1.54) is 5.56 Å². The summed E-state index contributed by atoms with van der Waals surface area (Å²) in [5.74, 6) is 0. The SMILES string of the molecule is Nc1cncc(NCCc2ccsc2)c1. The molecule has 0 aliphatic carbocycles. The molecule has 0 aromatic carbocycles. The molecule has 0 unspecified atom stereocenters. The molecule has 0 saturated heterocycles. The van der Waals surface area contributed by atoms with E-state index >= 15 is 0 Å². The highest BCUT2D eigenvalue weighted by molar-refractivity contribution is 7.07. The van der Waals surface area contributed by atoms with Gasteiger partial charge >= 0.3 is 0 Å². The first-order valence-electron chi connectivity index (χ1n) is 4.80. The van der Waals surface area contributed by atoms with Crippen molar-refractivity contribution in [3.63, 3.8) is 0 Å². The lowest BCUT2D eigenvalue weighted by atomic mass is 10.2. The molecule has 0 bridgehead atoms. The zero-order valence-electron chi connectivity index (χ0n) is 8.31. The van der Waals surface area contributed by atoms with Crippen molar-refractivity contribution in [3.8, 4) is 0 Å². The minimum atomic E-state index is 0.690. The third-order valence-electron chi connectivity index (χ3n) is 2.08. The Bertz CT molecular complexity index is 412. The van der Waals surface area contributed by atoms with Crippen molar-refractivity contribution in [2.45, 2.75) is 6.42 Å². The van der Waals surface area contributed by atoms with Gasteiger partial charge in [0.2, 0.25) is 0 Å².